The normalized spacial score (nSPS) is 10.8. The second-order valence-electron chi connectivity index (χ2n) is 4.42. The number of nitrogens with zero attached hydrogens (tertiary/aromatic N) is 1. The van der Waals surface area contributed by atoms with Crippen LogP contribution in [0.5, 0.6) is 0 Å². The van der Waals surface area contributed by atoms with Crippen LogP contribution in [0.4, 0.5) is 0 Å². The van der Waals surface area contributed by atoms with Gasteiger partial charge in [-0.1, -0.05) is 13.0 Å². The maximum atomic E-state index is 3.37. The zero-order valence-corrected chi connectivity index (χ0v) is 10.8. The van der Waals surface area contributed by atoms with Crippen molar-refractivity contribution in [2.24, 2.45) is 0 Å². The summed E-state index contributed by atoms with van der Waals surface area (Å²) in [5.74, 6) is 0. The molecular formula is C15H20N2. The molecule has 1 heterocycles. The number of hydrogen-bond donors (Lipinski definition) is 1. The fourth-order valence-corrected chi connectivity index (χ4v) is 1.94. The maximum Gasteiger partial charge on any atom is 0.0455 e. The molecule has 0 aliphatic carbocycles. The zero-order valence-electron chi connectivity index (χ0n) is 10.8. The van der Waals surface area contributed by atoms with Gasteiger partial charge in [-0.25, -0.2) is 0 Å². The minimum Gasteiger partial charge on any atom is -0.320 e. The molecule has 2 aromatic rings. The second-order valence-corrected chi connectivity index (χ2v) is 4.42. The van der Waals surface area contributed by atoms with Gasteiger partial charge in [-0.2, -0.15) is 0 Å². The summed E-state index contributed by atoms with van der Waals surface area (Å²) in [5, 5.41) is 3.37. The van der Waals surface area contributed by atoms with E-state index in [1.165, 1.54) is 22.5 Å². The van der Waals surface area contributed by atoms with Gasteiger partial charge >= 0.3 is 0 Å². The highest BCUT2D eigenvalue weighted by Crippen LogP contribution is 2.16. The number of aromatic nitrogens is 1. The van der Waals surface area contributed by atoms with Gasteiger partial charge in [0.2, 0.25) is 0 Å². The predicted molar refractivity (Wildman–Crippen MR) is 72.6 cm³/mol. The van der Waals surface area contributed by atoms with Crippen molar-refractivity contribution < 1.29 is 0 Å². The average molecular weight is 228 g/mol. The second kappa shape index (κ2) is 5.19. The van der Waals surface area contributed by atoms with Gasteiger partial charge < -0.3 is 9.88 Å². The number of benzene rings is 1. The molecule has 17 heavy (non-hydrogen) atoms. The van der Waals surface area contributed by atoms with Crippen LogP contribution < -0.4 is 5.32 Å². The summed E-state index contributed by atoms with van der Waals surface area (Å²) in [7, 11) is 0. The lowest BCUT2D eigenvalue weighted by molar-refractivity contribution is 0.698. The van der Waals surface area contributed by atoms with Crippen molar-refractivity contribution in [3.8, 4) is 5.69 Å². The van der Waals surface area contributed by atoms with Crippen LogP contribution in [-0.4, -0.2) is 11.1 Å². The van der Waals surface area contributed by atoms with E-state index in [9.17, 15) is 0 Å². The minimum absolute atomic E-state index is 0.913. The van der Waals surface area contributed by atoms with Crippen LogP contribution in [0.1, 0.15) is 23.7 Å². The van der Waals surface area contributed by atoms with Crippen molar-refractivity contribution in [2.75, 3.05) is 6.54 Å². The van der Waals surface area contributed by atoms with E-state index in [1.54, 1.807) is 0 Å². The van der Waals surface area contributed by atoms with Gasteiger partial charge in [-0.05, 0) is 55.8 Å². The number of nitrogens with one attached hydrogen (secondary N) is 1. The molecule has 2 rings (SSSR count). The van der Waals surface area contributed by atoms with Gasteiger partial charge in [0, 0.05) is 24.1 Å². The molecule has 0 unspecified atom stereocenters. The zero-order chi connectivity index (χ0) is 12.3. The lowest BCUT2D eigenvalue weighted by Crippen LogP contribution is -2.14. The monoisotopic (exact) mass is 228 g/mol. The molecule has 2 nitrogen and oxygen atoms in total. The number of hydrogen-bond acceptors (Lipinski definition) is 1. The molecule has 0 bridgehead atoms. The molecule has 90 valence electrons. The Morgan fingerprint density at radius 1 is 1.12 bits per heavy atom. The Hall–Kier alpha value is -1.54. The molecule has 0 aliphatic heterocycles. The van der Waals surface area contributed by atoms with Crippen LogP contribution in [-0.2, 0) is 6.54 Å². The third-order valence-electron chi connectivity index (χ3n) is 3.16. The van der Waals surface area contributed by atoms with Gasteiger partial charge in [0.1, 0.15) is 0 Å². The Morgan fingerprint density at radius 3 is 2.65 bits per heavy atom. The smallest absolute Gasteiger partial charge is 0.0455 e. The van der Waals surface area contributed by atoms with E-state index in [2.05, 4.69) is 67.2 Å². The van der Waals surface area contributed by atoms with E-state index >= 15 is 0 Å². The largest absolute Gasteiger partial charge is 0.320 e. The van der Waals surface area contributed by atoms with Crippen LogP contribution in [0.3, 0.4) is 0 Å². The molecule has 0 amide bonds. The predicted octanol–water partition coefficient (Wildman–Crippen LogP) is 3.20. The fourth-order valence-electron chi connectivity index (χ4n) is 1.94. The minimum atomic E-state index is 0.913. The fraction of sp³-hybridized carbons (Fsp3) is 0.333. The Morgan fingerprint density at radius 2 is 1.94 bits per heavy atom. The summed E-state index contributed by atoms with van der Waals surface area (Å²) in [6.07, 6.45) is 2.12. The third kappa shape index (κ3) is 2.59. The van der Waals surface area contributed by atoms with Crippen LogP contribution >= 0.6 is 0 Å². The van der Waals surface area contributed by atoms with Crippen molar-refractivity contribution in [1.82, 2.24) is 9.88 Å². The summed E-state index contributed by atoms with van der Waals surface area (Å²) < 4.78 is 2.25. The summed E-state index contributed by atoms with van der Waals surface area (Å²) in [5.41, 5.74) is 5.22. The lowest BCUT2D eigenvalue weighted by atomic mass is 10.1. The molecule has 0 aliphatic rings. The Labute approximate surface area is 103 Å². The van der Waals surface area contributed by atoms with Crippen LogP contribution in [0.15, 0.2) is 36.5 Å². The first-order valence-corrected chi connectivity index (χ1v) is 6.17. The number of aryl methyl sites for hydroxylation is 2. The summed E-state index contributed by atoms with van der Waals surface area (Å²) in [6.45, 7) is 8.35. The van der Waals surface area contributed by atoms with E-state index in [0.29, 0.717) is 0 Å². The van der Waals surface area contributed by atoms with E-state index in [4.69, 9.17) is 0 Å². The SMILES string of the molecule is CCNCc1cccn1-c1ccc(C)c(C)c1. The standard InChI is InChI=1S/C15H20N2/c1-4-16-11-15-6-5-9-17(15)14-8-7-12(2)13(3)10-14/h5-10,16H,4,11H2,1-3H3. The molecule has 1 aromatic carbocycles. The highest BCUT2D eigenvalue weighted by molar-refractivity contribution is 5.41. The highest BCUT2D eigenvalue weighted by Gasteiger charge is 2.03. The van der Waals surface area contributed by atoms with E-state index in [-0.39, 0.29) is 0 Å². The van der Waals surface area contributed by atoms with Crippen LogP contribution in [0.25, 0.3) is 5.69 Å². The molecule has 2 heteroatoms. The van der Waals surface area contributed by atoms with Gasteiger partial charge in [0.05, 0.1) is 0 Å². The van der Waals surface area contributed by atoms with Crippen LogP contribution in [0, 0.1) is 13.8 Å². The first-order valence-electron chi connectivity index (χ1n) is 6.17. The van der Waals surface area contributed by atoms with Crippen molar-refractivity contribution >= 4 is 0 Å². The van der Waals surface area contributed by atoms with Gasteiger partial charge in [-0.15, -0.1) is 0 Å². The molecule has 0 spiro atoms. The number of rotatable bonds is 4. The van der Waals surface area contributed by atoms with Crippen molar-refractivity contribution in [3.05, 3.63) is 53.3 Å². The van der Waals surface area contributed by atoms with E-state index < -0.39 is 0 Å². The maximum absolute atomic E-state index is 3.37. The molecule has 0 radical (unpaired) electrons. The third-order valence-corrected chi connectivity index (χ3v) is 3.16. The molecular weight excluding hydrogens is 208 g/mol. The van der Waals surface area contributed by atoms with Crippen molar-refractivity contribution in [3.63, 3.8) is 0 Å². The molecule has 0 saturated carbocycles. The lowest BCUT2D eigenvalue weighted by Gasteiger charge is -2.11. The topological polar surface area (TPSA) is 17.0 Å². The molecule has 0 atom stereocenters. The molecule has 1 aromatic heterocycles. The average Bonchev–Trinajstić information content (AvgIpc) is 2.78. The van der Waals surface area contributed by atoms with Crippen molar-refractivity contribution in [1.29, 1.82) is 0 Å². The summed E-state index contributed by atoms with van der Waals surface area (Å²) in [6, 6.07) is 10.9. The first kappa shape index (κ1) is 11.9. The molecule has 0 fully saturated rings. The van der Waals surface area contributed by atoms with Gasteiger partial charge in [0.25, 0.3) is 0 Å². The Bertz CT molecular complexity index is 497. The highest BCUT2D eigenvalue weighted by atomic mass is 15.0. The Balaban J connectivity index is 2.32. The quantitative estimate of drug-likeness (QED) is 0.850. The summed E-state index contributed by atoms with van der Waals surface area (Å²) in [4.78, 5) is 0. The van der Waals surface area contributed by atoms with Gasteiger partial charge in [0.15, 0.2) is 0 Å². The Kier molecular flexibility index (Phi) is 3.64. The summed E-state index contributed by atoms with van der Waals surface area (Å²) >= 11 is 0. The molecule has 0 saturated heterocycles. The first-order chi connectivity index (χ1) is 8.22. The molecule has 1 N–H and O–H groups in total. The van der Waals surface area contributed by atoms with E-state index in [0.717, 1.165) is 13.1 Å². The van der Waals surface area contributed by atoms with Crippen molar-refractivity contribution in [2.45, 2.75) is 27.3 Å². The van der Waals surface area contributed by atoms with E-state index in [1.807, 2.05) is 0 Å². The van der Waals surface area contributed by atoms with Gasteiger partial charge in [-0.3, -0.25) is 0 Å². The van der Waals surface area contributed by atoms with Crippen LogP contribution in [0.2, 0.25) is 0 Å².